The van der Waals surface area contributed by atoms with Gasteiger partial charge in [-0.2, -0.15) is 0 Å². The van der Waals surface area contributed by atoms with Crippen molar-refractivity contribution in [2.24, 2.45) is 10.7 Å². The largest absolute Gasteiger partial charge is 0.483 e. The fourth-order valence-electron chi connectivity index (χ4n) is 4.95. The van der Waals surface area contributed by atoms with Gasteiger partial charge in [-0.25, -0.2) is 9.79 Å². The van der Waals surface area contributed by atoms with Gasteiger partial charge < -0.3 is 30.5 Å². The van der Waals surface area contributed by atoms with E-state index in [4.69, 9.17) is 15.5 Å². The van der Waals surface area contributed by atoms with Crippen molar-refractivity contribution in [3.05, 3.63) is 42.0 Å². The van der Waals surface area contributed by atoms with Gasteiger partial charge in [0.1, 0.15) is 5.75 Å². The summed E-state index contributed by atoms with van der Waals surface area (Å²) in [7, 11) is 3.07. The topological polar surface area (TPSA) is 141 Å². The van der Waals surface area contributed by atoms with E-state index in [-0.39, 0.29) is 29.9 Å². The summed E-state index contributed by atoms with van der Waals surface area (Å²) in [6.07, 6.45) is 4.96. The molecule has 204 valence electrons. The molecule has 38 heavy (non-hydrogen) atoms. The zero-order chi connectivity index (χ0) is 27.4. The van der Waals surface area contributed by atoms with Gasteiger partial charge in [-0.05, 0) is 31.9 Å². The first-order valence-corrected chi connectivity index (χ1v) is 12.8. The van der Waals surface area contributed by atoms with Crippen molar-refractivity contribution in [1.29, 1.82) is 0 Å². The van der Waals surface area contributed by atoms with Crippen molar-refractivity contribution < 1.29 is 23.9 Å². The summed E-state index contributed by atoms with van der Waals surface area (Å²) >= 11 is 0. The number of imide groups is 1. The number of benzene rings is 1. The Hall–Kier alpha value is -3.93. The molecule has 2 unspecified atom stereocenters. The van der Waals surface area contributed by atoms with E-state index in [0.29, 0.717) is 19.0 Å². The molecule has 4 amide bonds. The molecule has 3 aliphatic heterocycles. The number of carbonyl (C=O) groups is 4. The summed E-state index contributed by atoms with van der Waals surface area (Å²) in [6.45, 7) is 2.97. The molecule has 0 radical (unpaired) electrons. The summed E-state index contributed by atoms with van der Waals surface area (Å²) < 4.78 is 5.51. The number of carbonyl (C=O) groups excluding carboxylic acids is 4. The predicted octanol–water partition coefficient (Wildman–Crippen LogP) is 0.254. The van der Waals surface area contributed by atoms with E-state index in [1.807, 2.05) is 24.0 Å². The van der Waals surface area contributed by atoms with Crippen LogP contribution in [0.4, 0.5) is 4.79 Å². The maximum atomic E-state index is 13.8. The van der Waals surface area contributed by atoms with Gasteiger partial charge in [0.05, 0.1) is 12.1 Å². The molecule has 4 rings (SSSR count). The van der Waals surface area contributed by atoms with Crippen LogP contribution in [-0.4, -0.2) is 114 Å². The number of aliphatic imine (C=N–C) groups is 1. The molecule has 3 atom stereocenters. The van der Waals surface area contributed by atoms with Crippen LogP contribution >= 0.6 is 0 Å². The van der Waals surface area contributed by atoms with Crippen LogP contribution in [0.5, 0.6) is 5.75 Å². The predicted molar refractivity (Wildman–Crippen MR) is 141 cm³/mol. The van der Waals surface area contributed by atoms with E-state index in [0.717, 1.165) is 24.3 Å². The van der Waals surface area contributed by atoms with Gasteiger partial charge in [0.15, 0.2) is 30.6 Å². The number of likely N-dealkylation sites (N-methyl/N-ethyl adjacent to an activating group) is 2. The number of ether oxygens (including phenoxy) is 1. The molecule has 12 nitrogen and oxygen atoms in total. The highest BCUT2D eigenvalue weighted by Gasteiger charge is 2.53. The number of rotatable bonds is 8. The second-order valence-corrected chi connectivity index (χ2v) is 9.56. The number of hydrogen-bond donors (Lipinski definition) is 2. The number of guanidine groups is 1. The molecule has 0 aliphatic carbocycles. The monoisotopic (exact) mass is 525 g/mol. The Bertz CT molecular complexity index is 1150. The van der Waals surface area contributed by atoms with Crippen molar-refractivity contribution in [3.8, 4) is 5.75 Å². The third kappa shape index (κ3) is 5.35. The van der Waals surface area contributed by atoms with Gasteiger partial charge in [0.2, 0.25) is 0 Å². The molecule has 0 saturated carbocycles. The quantitative estimate of drug-likeness (QED) is 0.364. The highest BCUT2D eigenvalue weighted by Crippen LogP contribution is 2.30. The van der Waals surface area contributed by atoms with Crippen LogP contribution < -0.4 is 15.8 Å². The second kappa shape index (κ2) is 11.6. The number of fused-ring (bicyclic) bond motifs is 1. The van der Waals surface area contributed by atoms with Crippen molar-refractivity contribution in [2.45, 2.75) is 38.0 Å². The average molecular weight is 526 g/mol. The first-order valence-electron chi connectivity index (χ1n) is 12.8. The Morgan fingerprint density at radius 2 is 2.03 bits per heavy atom. The third-order valence-corrected chi connectivity index (χ3v) is 6.98. The van der Waals surface area contributed by atoms with Gasteiger partial charge in [-0.15, -0.1) is 0 Å². The molecule has 3 heterocycles. The summed E-state index contributed by atoms with van der Waals surface area (Å²) in [5, 5.41) is 2.45. The Labute approximate surface area is 222 Å². The maximum absolute atomic E-state index is 13.8. The van der Waals surface area contributed by atoms with E-state index in [9.17, 15) is 19.2 Å². The van der Waals surface area contributed by atoms with Gasteiger partial charge in [-0.3, -0.25) is 19.3 Å². The number of nitrogens with zero attached hydrogens (tertiary/aromatic N) is 5. The molecule has 1 aromatic rings. The average Bonchev–Trinajstić information content (AvgIpc) is 3.31. The molecule has 0 spiro atoms. The van der Waals surface area contributed by atoms with Crippen molar-refractivity contribution >= 4 is 29.6 Å². The summed E-state index contributed by atoms with van der Waals surface area (Å²) in [4.78, 5) is 63.2. The molecule has 0 aromatic heterocycles. The molecule has 0 bridgehead atoms. The smallest absolute Gasteiger partial charge is 0.328 e. The minimum absolute atomic E-state index is 0.00696. The van der Waals surface area contributed by atoms with Crippen molar-refractivity contribution in [2.75, 3.05) is 46.9 Å². The van der Waals surface area contributed by atoms with Gasteiger partial charge in [-0.1, -0.05) is 24.3 Å². The lowest BCUT2D eigenvalue weighted by Crippen LogP contribution is -2.66. The van der Waals surface area contributed by atoms with Crippen LogP contribution in [0.25, 0.3) is 0 Å². The minimum Gasteiger partial charge on any atom is -0.483 e. The Morgan fingerprint density at radius 1 is 1.26 bits per heavy atom. The zero-order valence-corrected chi connectivity index (χ0v) is 22.0. The van der Waals surface area contributed by atoms with E-state index in [2.05, 4.69) is 10.2 Å². The number of Topliss-reactive ketones (excluding diaryl/α,β-unsaturated/α-hetero) is 1. The molecule has 1 aromatic carbocycles. The Morgan fingerprint density at radius 3 is 2.74 bits per heavy atom. The molecule has 12 heteroatoms. The second-order valence-electron chi connectivity index (χ2n) is 9.56. The fraction of sp³-hybridized carbons (Fsp3) is 0.500. The number of amides is 4. The summed E-state index contributed by atoms with van der Waals surface area (Å²) in [6, 6.07) is 5.08. The van der Waals surface area contributed by atoms with Crippen molar-refractivity contribution in [1.82, 2.24) is 24.9 Å². The standard InChI is InChI=1S/C26H35N7O5/c1-4-5-13-32-22-23(29-25(32)31-12-8-9-17(27)14-31)30(3)26(37)33(24(22)36)15-19(34)18-10-6-7-11-20(18)38-16-21(35)28-2/h4-7,10-11,17,22-23H,8-9,12-16,27H2,1-3H3,(H,28,35)/b5-4+/t17-,22?,23?/m1/s1. The van der Waals surface area contributed by atoms with Crippen LogP contribution in [-0.2, 0) is 9.59 Å². The van der Waals surface area contributed by atoms with E-state index < -0.39 is 36.5 Å². The van der Waals surface area contributed by atoms with Gasteiger partial charge >= 0.3 is 6.03 Å². The van der Waals surface area contributed by atoms with Crippen LogP contribution in [0.15, 0.2) is 41.4 Å². The summed E-state index contributed by atoms with van der Waals surface area (Å²) in [5.74, 6) is -0.476. The first kappa shape index (κ1) is 27.1. The number of nitrogens with one attached hydrogen (secondary N) is 1. The number of hydrogen-bond acceptors (Lipinski definition) is 9. The van der Waals surface area contributed by atoms with Gasteiger partial charge in [0, 0.05) is 39.8 Å². The SMILES string of the molecule is C/C=C/CN1C(N2CCC[C@@H](N)C2)=NC2C1C(=O)N(CC(=O)c1ccccc1OCC(=O)NC)C(=O)N2C. The number of allylic oxidation sites excluding steroid dienone is 1. The number of nitrogens with two attached hydrogens (primary N) is 1. The summed E-state index contributed by atoms with van der Waals surface area (Å²) in [5.41, 5.74) is 6.39. The first-order chi connectivity index (χ1) is 18.3. The number of para-hydroxylation sites is 1. The van der Waals surface area contributed by atoms with E-state index in [1.54, 1.807) is 31.3 Å². The molecule has 3 aliphatic rings. The lowest BCUT2D eigenvalue weighted by molar-refractivity contribution is -0.137. The number of likely N-dealkylation sites (tertiary alicyclic amines) is 1. The molecule has 2 saturated heterocycles. The zero-order valence-electron chi connectivity index (χ0n) is 22.0. The van der Waals surface area contributed by atoms with Crippen LogP contribution in [0, 0.1) is 0 Å². The molecular formula is C26H35N7O5. The van der Waals surface area contributed by atoms with Crippen LogP contribution in [0.2, 0.25) is 0 Å². The molecule has 3 N–H and O–H groups in total. The third-order valence-electron chi connectivity index (χ3n) is 6.98. The Balaban J connectivity index is 1.58. The maximum Gasteiger partial charge on any atom is 0.328 e. The normalized spacial score (nSPS) is 23.6. The highest BCUT2D eigenvalue weighted by atomic mass is 16.5. The number of piperidine rings is 1. The van der Waals surface area contributed by atoms with E-state index >= 15 is 0 Å². The van der Waals surface area contributed by atoms with E-state index in [1.165, 1.54) is 11.9 Å². The lowest BCUT2D eigenvalue weighted by Gasteiger charge is -2.42. The van der Waals surface area contributed by atoms with Crippen LogP contribution in [0.1, 0.15) is 30.1 Å². The molecule has 2 fully saturated rings. The van der Waals surface area contributed by atoms with Gasteiger partial charge in [0.25, 0.3) is 11.8 Å². The Kier molecular flexibility index (Phi) is 8.30. The minimum atomic E-state index is -0.769. The van der Waals surface area contributed by atoms with Crippen LogP contribution in [0.3, 0.4) is 0 Å². The highest BCUT2D eigenvalue weighted by molar-refractivity contribution is 6.09. The number of ketones is 1. The van der Waals surface area contributed by atoms with Crippen molar-refractivity contribution in [3.63, 3.8) is 0 Å². The number of urea groups is 1. The lowest BCUT2D eigenvalue weighted by atomic mass is 10.1. The fourth-order valence-corrected chi connectivity index (χ4v) is 4.95. The molecular weight excluding hydrogens is 490 g/mol.